The summed E-state index contributed by atoms with van der Waals surface area (Å²) in [5, 5.41) is 2.79. The molecule has 6 rings (SSSR count). The predicted octanol–water partition coefficient (Wildman–Crippen LogP) is 4.37. The third-order valence-corrected chi connectivity index (χ3v) is 9.04. The summed E-state index contributed by atoms with van der Waals surface area (Å²) in [6, 6.07) is 11.9. The lowest BCUT2D eigenvalue weighted by Crippen LogP contribution is -2.57. The van der Waals surface area contributed by atoms with Crippen molar-refractivity contribution in [3.05, 3.63) is 76.5 Å². The molecule has 0 saturated carbocycles. The largest absolute Gasteiger partial charge is 0.462 e. The lowest BCUT2D eigenvalue weighted by molar-refractivity contribution is -0.131. The average Bonchev–Trinajstić information content (AvgIpc) is 3.33. The number of carbonyl (C=O) groups excluding carboxylic acids is 1. The van der Waals surface area contributed by atoms with Gasteiger partial charge in [-0.05, 0) is 30.4 Å². The fourth-order valence-electron chi connectivity index (χ4n) is 6.48. The van der Waals surface area contributed by atoms with Crippen LogP contribution < -0.4 is 14.5 Å². The van der Waals surface area contributed by atoms with E-state index in [4.69, 9.17) is 37.6 Å². The molecule has 45 heavy (non-hydrogen) atoms. The molecular formula is C33H37ClFN7O3. The molecule has 3 aliphatic heterocycles. The third-order valence-electron chi connectivity index (χ3n) is 8.73. The summed E-state index contributed by atoms with van der Waals surface area (Å²) in [5.41, 5.74) is 2.93. The van der Waals surface area contributed by atoms with E-state index < -0.39 is 17.8 Å². The number of aromatic nitrogens is 2. The normalized spacial score (nSPS) is 19.1. The van der Waals surface area contributed by atoms with E-state index in [9.17, 15) is 9.18 Å². The number of halogens is 2. The van der Waals surface area contributed by atoms with Gasteiger partial charge in [0.15, 0.2) is 5.83 Å². The number of piperazine rings is 1. The van der Waals surface area contributed by atoms with Gasteiger partial charge in [0.05, 0.1) is 23.9 Å². The highest BCUT2D eigenvalue weighted by atomic mass is 35.5. The molecule has 1 aromatic heterocycles. The maximum absolute atomic E-state index is 13.8. The van der Waals surface area contributed by atoms with Gasteiger partial charge in [0, 0.05) is 69.1 Å². The van der Waals surface area contributed by atoms with Crippen molar-refractivity contribution in [2.75, 3.05) is 82.0 Å². The summed E-state index contributed by atoms with van der Waals surface area (Å²) < 4.78 is 25.6. The van der Waals surface area contributed by atoms with Crippen molar-refractivity contribution in [2.24, 2.45) is 0 Å². The Bertz CT molecular complexity index is 1600. The number of amides is 1. The monoisotopic (exact) mass is 633 g/mol. The van der Waals surface area contributed by atoms with Crippen LogP contribution in [0, 0.1) is 6.57 Å². The minimum atomic E-state index is -1.02. The molecular weight excluding hydrogens is 597 g/mol. The molecule has 0 spiro atoms. The summed E-state index contributed by atoms with van der Waals surface area (Å²) in [4.78, 5) is 34.0. The van der Waals surface area contributed by atoms with Crippen molar-refractivity contribution in [1.29, 1.82) is 0 Å². The number of anilines is 2. The molecule has 0 N–H and O–H groups in total. The molecule has 1 atom stereocenters. The molecule has 0 unspecified atom stereocenters. The zero-order valence-electron chi connectivity index (χ0n) is 25.3. The highest BCUT2D eigenvalue weighted by Gasteiger charge is 2.36. The molecule has 12 heteroatoms. The fourth-order valence-corrected chi connectivity index (χ4v) is 6.76. The SMILES string of the molecule is [C-]#[N+]C[C@H]1CN(c2nc(OCCN3CCCOCC3)nc3c2CCN(c2cccc4cccc(Cl)c24)C3)CCN1C(=O)C(=C)F. The Hall–Kier alpha value is -3.98. The van der Waals surface area contributed by atoms with Crippen LogP contribution in [-0.2, 0) is 22.5 Å². The van der Waals surface area contributed by atoms with E-state index in [1.165, 1.54) is 4.90 Å². The topological polar surface area (TPSA) is 78.6 Å². The van der Waals surface area contributed by atoms with Crippen LogP contribution >= 0.6 is 11.6 Å². The number of fused-ring (bicyclic) bond motifs is 2. The minimum Gasteiger partial charge on any atom is -0.462 e. The van der Waals surface area contributed by atoms with Crippen molar-refractivity contribution in [3.8, 4) is 6.01 Å². The Morgan fingerprint density at radius 3 is 2.78 bits per heavy atom. The predicted molar refractivity (Wildman–Crippen MR) is 173 cm³/mol. The maximum atomic E-state index is 13.8. The van der Waals surface area contributed by atoms with Crippen molar-refractivity contribution in [3.63, 3.8) is 0 Å². The van der Waals surface area contributed by atoms with Gasteiger partial charge in [-0.1, -0.05) is 42.4 Å². The van der Waals surface area contributed by atoms with Crippen LogP contribution in [0.3, 0.4) is 0 Å². The first-order valence-electron chi connectivity index (χ1n) is 15.4. The summed E-state index contributed by atoms with van der Waals surface area (Å²) in [6.07, 6.45) is 1.68. The molecule has 3 aliphatic rings. The van der Waals surface area contributed by atoms with Crippen LogP contribution in [0.4, 0.5) is 15.9 Å². The van der Waals surface area contributed by atoms with Crippen LogP contribution in [0.1, 0.15) is 17.7 Å². The van der Waals surface area contributed by atoms with E-state index in [0.29, 0.717) is 50.3 Å². The molecule has 2 aromatic carbocycles. The number of rotatable bonds is 8. The third kappa shape index (κ3) is 6.83. The van der Waals surface area contributed by atoms with Gasteiger partial charge in [-0.15, -0.1) is 0 Å². The van der Waals surface area contributed by atoms with E-state index >= 15 is 0 Å². The first kappa shape index (κ1) is 31.0. The minimum absolute atomic E-state index is 0.0569. The smallest absolute Gasteiger partial charge is 0.318 e. The van der Waals surface area contributed by atoms with Gasteiger partial charge < -0.3 is 29.0 Å². The van der Waals surface area contributed by atoms with Crippen LogP contribution in [0.25, 0.3) is 15.6 Å². The number of hydrogen-bond acceptors (Lipinski definition) is 8. The van der Waals surface area contributed by atoms with Crippen molar-refractivity contribution >= 4 is 39.8 Å². The van der Waals surface area contributed by atoms with Gasteiger partial charge in [-0.3, -0.25) is 9.69 Å². The zero-order chi connectivity index (χ0) is 31.3. The molecule has 0 bridgehead atoms. The van der Waals surface area contributed by atoms with Gasteiger partial charge in [-0.25, -0.2) is 11.0 Å². The quantitative estimate of drug-likeness (QED) is 0.268. The first-order chi connectivity index (χ1) is 21.9. The Morgan fingerprint density at radius 1 is 1.11 bits per heavy atom. The number of nitrogens with zero attached hydrogens (tertiary/aromatic N) is 7. The number of ether oxygens (including phenoxy) is 2. The molecule has 1 amide bonds. The molecule has 2 fully saturated rings. The Kier molecular flexibility index (Phi) is 9.64. The highest BCUT2D eigenvalue weighted by Crippen LogP contribution is 2.37. The summed E-state index contributed by atoms with van der Waals surface area (Å²) in [6.45, 7) is 17.5. The Labute approximate surface area is 267 Å². The van der Waals surface area contributed by atoms with Crippen molar-refractivity contribution in [2.45, 2.75) is 25.4 Å². The number of hydrogen-bond donors (Lipinski definition) is 0. The summed E-state index contributed by atoms with van der Waals surface area (Å²) in [7, 11) is 0. The van der Waals surface area contributed by atoms with Crippen LogP contribution in [0.15, 0.2) is 48.8 Å². The average molecular weight is 634 g/mol. The second kappa shape index (κ2) is 14.0. The standard InChI is InChI=1S/C33H37ClFN7O3/c1-23(35)32(43)42-14-13-41(21-25(42)20-36-2)31-26-10-12-40(29-9-4-7-24-6-3-8-27(34)30(24)29)22-28(26)37-33(38-31)45-19-16-39-11-5-17-44-18-15-39/h3-4,6-9,25H,1,5,10-22H2/t25-/m0/s1. The van der Waals surface area contributed by atoms with Crippen molar-refractivity contribution < 1.29 is 18.7 Å². The van der Waals surface area contributed by atoms with Gasteiger partial charge in [-0.2, -0.15) is 9.97 Å². The molecule has 3 aromatic rings. The fraction of sp³-hybridized carbons (Fsp3) is 0.455. The van der Waals surface area contributed by atoms with Crippen LogP contribution in [0.2, 0.25) is 5.02 Å². The van der Waals surface area contributed by atoms with E-state index in [0.717, 1.165) is 72.7 Å². The Balaban J connectivity index is 1.30. The van der Waals surface area contributed by atoms with Crippen LogP contribution in [-0.4, -0.2) is 104 Å². The molecule has 0 aliphatic carbocycles. The van der Waals surface area contributed by atoms with E-state index in [1.54, 1.807) is 0 Å². The van der Waals surface area contributed by atoms with Crippen LogP contribution in [0.5, 0.6) is 6.01 Å². The first-order valence-corrected chi connectivity index (χ1v) is 15.8. The molecule has 2 saturated heterocycles. The van der Waals surface area contributed by atoms with Gasteiger partial charge in [0.1, 0.15) is 18.5 Å². The summed E-state index contributed by atoms with van der Waals surface area (Å²) >= 11 is 6.69. The van der Waals surface area contributed by atoms with E-state index in [1.807, 2.05) is 18.2 Å². The van der Waals surface area contributed by atoms with E-state index in [2.05, 4.69) is 44.3 Å². The van der Waals surface area contributed by atoms with Gasteiger partial charge in [0.25, 0.3) is 5.91 Å². The highest BCUT2D eigenvalue weighted by molar-refractivity contribution is 6.36. The second-order valence-corrected chi connectivity index (χ2v) is 11.9. The molecule has 0 radical (unpaired) electrons. The van der Waals surface area contributed by atoms with Gasteiger partial charge >= 0.3 is 6.01 Å². The molecule has 236 valence electrons. The van der Waals surface area contributed by atoms with Gasteiger partial charge in [0.2, 0.25) is 6.54 Å². The molecule has 10 nitrogen and oxygen atoms in total. The van der Waals surface area contributed by atoms with E-state index in [-0.39, 0.29) is 13.1 Å². The summed E-state index contributed by atoms with van der Waals surface area (Å²) in [5.74, 6) is -1.03. The zero-order valence-corrected chi connectivity index (χ0v) is 26.0. The number of carbonyl (C=O) groups is 1. The second-order valence-electron chi connectivity index (χ2n) is 11.5. The number of benzene rings is 2. The Morgan fingerprint density at radius 2 is 1.96 bits per heavy atom. The molecule has 4 heterocycles. The lowest BCUT2D eigenvalue weighted by atomic mass is 10.0. The lowest BCUT2D eigenvalue weighted by Gasteiger charge is -2.41. The van der Waals surface area contributed by atoms with Crippen molar-refractivity contribution in [1.82, 2.24) is 19.8 Å². The maximum Gasteiger partial charge on any atom is 0.318 e.